The fourth-order valence-corrected chi connectivity index (χ4v) is 2.94. The number of carbonyl (C=O) groups excluding carboxylic acids is 1. The molecule has 0 spiro atoms. The van der Waals surface area contributed by atoms with E-state index in [-0.39, 0.29) is 5.91 Å². The highest BCUT2D eigenvalue weighted by Crippen LogP contribution is 2.18. The summed E-state index contributed by atoms with van der Waals surface area (Å²) in [7, 11) is 1.66. The van der Waals surface area contributed by atoms with E-state index in [0.717, 1.165) is 30.0 Å². The molecule has 0 bridgehead atoms. The number of aryl methyl sites for hydroxylation is 2. The van der Waals surface area contributed by atoms with Crippen LogP contribution in [0.25, 0.3) is 0 Å². The minimum Gasteiger partial charge on any atom is -0.497 e. The van der Waals surface area contributed by atoms with Crippen molar-refractivity contribution in [3.63, 3.8) is 0 Å². The van der Waals surface area contributed by atoms with Gasteiger partial charge < -0.3 is 15.4 Å². The number of rotatable bonds is 7. The third kappa shape index (κ3) is 5.10. The second-order valence-electron chi connectivity index (χ2n) is 6.73. The number of methoxy groups -OCH3 is 1. The van der Waals surface area contributed by atoms with Crippen LogP contribution in [0.3, 0.4) is 0 Å². The van der Waals surface area contributed by atoms with Crippen LogP contribution in [-0.4, -0.2) is 24.5 Å². The zero-order valence-corrected chi connectivity index (χ0v) is 16.5. The van der Waals surface area contributed by atoms with Crippen LogP contribution in [-0.2, 0) is 6.42 Å². The Kier molecular flexibility index (Phi) is 6.27. The second-order valence-corrected chi connectivity index (χ2v) is 6.73. The van der Waals surface area contributed by atoms with Gasteiger partial charge in [-0.3, -0.25) is 4.79 Å². The van der Waals surface area contributed by atoms with Crippen molar-refractivity contribution in [3.8, 4) is 5.75 Å². The van der Waals surface area contributed by atoms with E-state index in [9.17, 15) is 4.79 Å². The fourth-order valence-electron chi connectivity index (χ4n) is 2.94. The molecule has 3 aromatic rings. The molecule has 144 valence electrons. The molecule has 0 saturated heterocycles. The topological polar surface area (TPSA) is 63.2 Å². The second kappa shape index (κ2) is 9.04. The lowest BCUT2D eigenvalue weighted by Gasteiger charge is -2.11. The Bertz CT molecular complexity index is 952. The van der Waals surface area contributed by atoms with Gasteiger partial charge in [0.1, 0.15) is 11.6 Å². The monoisotopic (exact) mass is 375 g/mol. The smallest absolute Gasteiger partial charge is 0.255 e. The molecule has 0 atom stereocenters. The van der Waals surface area contributed by atoms with E-state index in [0.29, 0.717) is 11.4 Å². The molecule has 0 unspecified atom stereocenters. The number of hydrogen-bond acceptors (Lipinski definition) is 4. The van der Waals surface area contributed by atoms with E-state index in [1.54, 1.807) is 25.4 Å². The average molecular weight is 375 g/mol. The van der Waals surface area contributed by atoms with Crippen molar-refractivity contribution in [1.29, 1.82) is 0 Å². The van der Waals surface area contributed by atoms with E-state index >= 15 is 0 Å². The lowest BCUT2D eigenvalue weighted by atomic mass is 10.1. The largest absolute Gasteiger partial charge is 0.497 e. The van der Waals surface area contributed by atoms with Crippen molar-refractivity contribution in [3.05, 3.63) is 83.0 Å². The number of nitrogens with zero attached hydrogens (tertiary/aromatic N) is 1. The molecule has 3 rings (SSSR count). The molecule has 1 heterocycles. The van der Waals surface area contributed by atoms with Gasteiger partial charge in [-0.1, -0.05) is 29.8 Å². The van der Waals surface area contributed by atoms with Crippen molar-refractivity contribution in [2.24, 2.45) is 0 Å². The molecule has 5 heteroatoms. The van der Waals surface area contributed by atoms with Gasteiger partial charge in [-0.2, -0.15) is 0 Å². The first kappa shape index (κ1) is 19.4. The minimum atomic E-state index is -0.146. The van der Waals surface area contributed by atoms with Gasteiger partial charge in [-0.05, 0) is 61.7 Å². The van der Waals surface area contributed by atoms with Crippen LogP contribution < -0.4 is 15.4 Å². The first-order valence-corrected chi connectivity index (χ1v) is 9.26. The Morgan fingerprint density at radius 3 is 2.54 bits per heavy atom. The third-order valence-electron chi connectivity index (χ3n) is 4.53. The predicted molar refractivity (Wildman–Crippen MR) is 113 cm³/mol. The summed E-state index contributed by atoms with van der Waals surface area (Å²) >= 11 is 0. The average Bonchev–Trinajstić information content (AvgIpc) is 2.71. The first-order valence-electron chi connectivity index (χ1n) is 9.26. The molecule has 1 amide bonds. The summed E-state index contributed by atoms with van der Waals surface area (Å²) in [5, 5.41) is 6.24. The SMILES string of the molecule is COc1ccc(CCNc2cc(C(=O)Nc3ccc(C)cc3C)ccn2)cc1. The lowest BCUT2D eigenvalue weighted by Crippen LogP contribution is -2.14. The van der Waals surface area contributed by atoms with Crippen LogP contribution in [0.1, 0.15) is 27.0 Å². The van der Waals surface area contributed by atoms with Gasteiger partial charge in [0.15, 0.2) is 0 Å². The summed E-state index contributed by atoms with van der Waals surface area (Å²) in [6, 6.07) is 17.4. The van der Waals surface area contributed by atoms with Gasteiger partial charge >= 0.3 is 0 Å². The molecule has 0 fully saturated rings. The molecule has 0 aliphatic carbocycles. The highest BCUT2D eigenvalue weighted by Gasteiger charge is 2.09. The molecular weight excluding hydrogens is 350 g/mol. The maximum atomic E-state index is 12.6. The number of aromatic nitrogens is 1. The zero-order valence-electron chi connectivity index (χ0n) is 16.5. The van der Waals surface area contributed by atoms with E-state index in [1.807, 2.05) is 56.3 Å². The third-order valence-corrected chi connectivity index (χ3v) is 4.53. The molecule has 2 N–H and O–H groups in total. The fraction of sp³-hybridized carbons (Fsp3) is 0.217. The van der Waals surface area contributed by atoms with Crippen LogP contribution in [0.15, 0.2) is 60.8 Å². The first-order chi connectivity index (χ1) is 13.5. The van der Waals surface area contributed by atoms with E-state index < -0.39 is 0 Å². The number of amides is 1. The van der Waals surface area contributed by atoms with Crippen molar-refractivity contribution < 1.29 is 9.53 Å². The van der Waals surface area contributed by atoms with Gasteiger partial charge in [0.25, 0.3) is 5.91 Å². The standard InChI is InChI=1S/C23H25N3O2/c1-16-4-9-21(17(2)14-16)26-23(27)19-11-13-25-22(15-19)24-12-10-18-5-7-20(28-3)8-6-18/h4-9,11,13-15H,10,12H2,1-3H3,(H,24,25)(H,26,27). The maximum Gasteiger partial charge on any atom is 0.255 e. The Hall–Kier alpha value is -3.34. The molecular formula is C23H25N3O2. The number of nitrogens with one attached hydrogen (secondary N) is 2. The summed E-state index contributed by atoms with van der Waals surface area (Å²) in [6.07, 6.45) is 2.50. The zero-order chi connectivity index (χ0) is 19.9. The molecule has 5 nitrogen and oxygen atoms in total. The van der Waals surface area contributed by atoms with E-state index in [1.165, 1.54) is 11.1 Å². The van der Waals surface area contributed by atoms with Crippen LogP contribution in [0.5, 0.6) is 5.75 Å². The molecule has 0 radical (unpaired) electrons. The molecule has 0 aliphatic heterocycles. The molecule has 1 aromatic heterocycles. The Labute approximate surface area is 165 Å². The highest BCUT2D eigenvalue weighted by molar-refractivity contribution is 6.05. The number of ether oxygens (including phenoxy) is 1. The number of anilines is 2. The van der Waals surface area contributed by atoms with Crippen LogP contribution in [0, 0.1) is 13.8 Å². The lowest BCUT2D eigenvalue weighted by molar-refractivity contribution is 0.102. The Morgan fingerprint density at radius 2 is 1.82 bits per heavy atom. The van der Waals surface area contributed by atoms with Crippen LogP contribution >= 0.6 is 0 Å². The summed E-state index contributed by atoms with van der Waals surface area (Å²) in [5.74, 6) is 1.38. The van der Waals surface area contributed by atoms with Gasteiger partial charge in [0, 0.05) is 24.0 Å². The number of benzene rings is 2. The van der Waals surface area contributed by atoms with E-state index in [2.05, 4.69) is 15.6 Å². The Morgan fingerprint density at radius 1 is 1.04 bits per heavy atom. The van der Waals surface area contributed by atoms with Crippen molar-refractivity contribution in [2.45, 2.75) is 20.3 Å². The maximum absolute atomic E-state index is 12.6. The number of hydrogen-bond donors (Lipinski definition) is 2. The minimum absolute atomic E-state index is 0.146. The number of pyridine rings is 1. The predicted octanol–water partition coefficient (Wildman–Crippen LogP) is 4.61. The normalized spacial score (nSPS) is 10.4. The van der Waals surface area contributed by atoms with Gasteiger partial charge in [-0.15, -0.1) is 0 Å². The van der Waals surface area contributed by atoms with Crippen molar-refractivity contribution >= 4 is 17.4 Å². The molecule has 0 aliphatic rings. The highest BCUT2D eigenvalue weighted by atomic mass is 16.5. The van der Waals surface area contributed by atoms with Gasteiger partial charge in [0.2, 0.25) is 0 Å². The summed E-state index contributed by atoms with van der Waals surface area (Å²) in [6.45, 7) is 4.74. The van der Waals surface area contributed by atoms with Crippen molar-refractivity contribution in [1.82, 2.24) is 4.98 Å². The van der Waals surface area contributed by atoms with Crippen LogP contribution in [0.2, 0.25) is 0 Å². The molecule has 28 heavy (non-hydrogen) atoms. The van der Waals surface area contributed by atoms with E-state index in [4.69, 9.17) is 4.74 Å². The van der Waals surface area contributed by atoms with Gasteiger partial charge in [-0.25, -0.2) is 4.98 Å². The number of carbonyl (C=O) groups is 1. The summed E-state index contributed by atoms with van der Waals surface area (Å²) < 4.78 is 5.17. The summed E-state index contributed by atoms with van der Waals surface area (Å²) in [5.41, 5.74) is 4.81. The summed E-state index contributed by atoms with van der Waals surface area (Å²) in [4.78, 5) is 16.9. The quantitative estimate of drug-likeness (QED) is 0.633. The van der Waals surface area contributed by atoms with Crippen molar-refractivity contribution in [2.75, 3.05) is 24.3 Å². The molecule has 0 saturated carbocycles. The van der Waals surface area contributed by atoms with Crippen LogP contribution in [0.4, 0.5) is 11.5 Å². The Balaban J connectivity index is 1.58. The molecule has 2 aromatic carbocycles. The van der Waals surface area contributed by atoms with Gasteiger partial charge in [0.05, 0.1) is 7.11 Å².